The number of aliphatic hydroxyl groups excluding tert-OH is 1. The van der Waals surface area contributed by atoms with Crippen LogP contribution in [0.4, 0.5) is 0 Å². The lowest BCUT2D eigenvalue weighted by molar-refractivity contribution is 0.181. The molecular weight excluding hydrogens is 188 g/mol. The molecule has 0 spiro atoms. The maximum Gasteiger partial charge on any atom is 0.0512 e. The van der Waals surface area contributed by atoms with Crippen LogP contribution in [-0.2, 0) is 0 Å². The maximum absolute atomic E-state index is 9.06. The minimum Gasteiger partial charge on any atom is -0.393 e. The molecule has 0 aliphatic carbocycles. The van der Waals surface area contributed by atoms with Gasteiger partial charge in [-0.15, -0.1) is 0 Å². The molecule has 0 fully saturated rings. The van der Waals surface area contributed by atoms with E-state index in [0.29, 0.717) is 0 Å². The van der Waals surface area contributed by atoms with Gasteiger partial charge in [0.1, 0.15) is 0 Å². The Morgan fingerprint density at radius 3 is 2.27 bits per heavy atom. The van der Waals surface area contributed by atoms with Gasteiger partial charge >= 0.3 is 0 Å². The second-order valence-electron chi connectivity index (χ2n) is 4.12. The number of aliphatic hydroxyl groups is 1. The molecule has 0 aliphatic heterocycles. The second kappa shape index (κ2) is 10.4. The molecule has 2 N–H and O–H groups in total. The van der Waals surface area contributed by atoms with Crippen molar-refractivity contribution in [2.24, 2.45) is 0 Å². The maximum atomic E-state index is 9.06. The summed E-state index contributed by atoms with van der Waals surface area (Å²) in [5, 5.41) is 12.5. The third-order valence-corrected chi connectivity index (χ3v) is 2.70. The molecule has 3 nitrogen and oxygen atoms in total. The zero-order valence-electron chi connectivity index (χ0n) is 10.6. The molecule has 0 aliphatic rings. The third kappa shape index (κ3) is 10.2. The Balaban J connectivity index is 3.10. The predicted molar refractivity (Wildman–Crippen MR) is 66.2 cm³/mol. The molecule has 0 rings (SSSR count). The number of nitrogens with zero attached hydrogens (tertiary/aromatic N) is 1. The quantitative estimate of drug-likeness (QED) is 0.543. The van der Waals surface area contributed by atoms with E-state index in [2.05, 4.69) is 24.1 Å². The van der Waals surface area contributed by atoms with E-state index in [9.17, 15) is 0 Å². The van der Waals surface area contributed by atoms with Crippen LogP contribution in [0.1, 0.15) is 40.0 Å². The van der Waals surface area contributed by atoms with Crippen LogP contribution in [-0.4, -0.2) is 48.8 Å². The molecule has 0 saturated carbocycles. The van der Waals surface area contributed by atoms with Crippen LogP contribution >= 0.6 is 0 Å². The average molecular weight is 216 g/mol. The Morgan fingerprint density at radius 1 is 1.13 bits per heavy atom. The van der Waals surface area contributed by atoms with Gasteiger partial charge in [0.05, 0.1) is 6.10 Å². The fourth-order valence-corrected chi connectivity index (χ4v) is 1.61. The van der Waals surface area contributed by atoms with Crippen molar-refractivity contribution >= 4 is 0 Å². The first-order valence-corrected chi connectivity index (χ1v) is 6.31. The van der Waals surface area contributed by atoms with Crippen LogP contribution in [0.15, 0.2) is 0 Å². The highest BCUT2D eigenvalue weighted by Gasteiger charge is 1.98. The van der Waals surface area contributed by atoms with Gasteiger partial charge in [-0.3, -0.25) is 0 Å². The van der Waals surface area contributed by atoms with Gasteiger partial charge in [-0.05, 0) is 58.9 Å². The van der Waals surface area contributed by atoms with Crippen LogP contribution < -0.4 is 5.32 Å². The van der Waals surface area contributed by atoms with Gasteiger partial charge in [0.15, 0.2) is 0 Å². The van der Waals surface area contributed by atoms with E-state index in [1.165, 1.54) is 13.0 Å². The summed E-state index contributed by atoms with van der Waals surface area (Å²) in [6, 6.07) is 0. The zero-order chi connectivity index (χ0) is 11.5. The summed E-state index contributed by atoms with van der Waals surface area (Å²) in [4.78, 5) is 2.44. The van der Waals surface area contributed by atoms with Gasteiger partial charge in [0.25, 0.3) is 0 Å². The van der Waals surface area contributed by atoms with Crippen LogP contribution in [0.5, 0.6) is 0 Å². The van der Waals surface area contributed by atoms with Crippen molar-refractivity contribution in [2.45, 2.75) is 46.1 Å². The van der Waals surface area contributed by atoms with Crippen molar-refractivity contribution in [3.63, 3.8) is 0 Å². The highest BCUT2D eigenvalue weighted by atomic mass is 16.3. The Morgan fingerprint density at radius 2 is 1.73 bits per heavy atom. The molecule has 15 heavy (non-hydrogen) atoms. The van der Waals surface area contributed by atoms with E-state index >= 15 is 0 Å². The molecule has 3 heteroatoms. The van der Waals surface area contributed by atoms with E-state index in [1.807, 2.05) is 6.92 Å². The molecule has 1 atom stereocenters. The highest BCUT2D eigenvalue weighted by Crippen LogP contribution is 1.94. The Labute approximate surface area is 94.9 Å². The predicted octanol–water partition coefficient (Wildman–Crippen LogP) is 1.47. The second-order valence-corrected chi connectivity index (χ2v) is 4.12. The number of rotatable bonds is 10. The molecule has 1 unspecified atom stereocenters. The van der Waals surface area contributed by atoms with Crippen LogP contribution in [0, 0.1) is 0 Å². The fraction of sp³-hybridized carbons (Fsp3) is 1.00. The summed E-state index contributed by atoms with van der Waals surface area (Å²) in [6.07, 6.45) is 3.05. The largest absolute Gasteiger partial charge is 0.393 e. The van der Waals surface area contributed by atoms with Gasteiger partial charge < -0.3 is 15.3 Å². The first-order chi connectivity index (χ1) is 7.20. The average Bonchev–Trinajstić information content (AvgIpc) is 2.22. The minimum absolute atomic E-state index is 0.150. The van der Waals surface area contributed by atoms with E-state index < -0.39 is 0 Å². The van der Waals surface area contributed by atoms with Crippen LogP contribution in [0.3, 0.4) is 0 Å². The van der Waals surface area contributed by atoms with E-state index in [4.69, 9.17) is 5.11 Å². The fourth-order valence-electron chi connectivity index (χ4n) is 1.61. The molecule has 0 radical (unpaired) electrons. The molecule has 0 aromatic heterocycles. The molecule has 0 bridgehead atoms. The van der Waals surface area contributed by atoms with Gasteiger partial charge in [-0.25, -0.2) is 0 Å². The van der Waals surface area contributed by atoms with Gasteiger partial charge in [0, 0.05) is 0 Å². The Kier molecular flexibility index (Phi) is 10.3. The molecule has 0 amide bonds. The van der Waals surface area contributed by atoms with E-state index in [-0.39, 0.29) is 6.10 Å². The molecule has 0 aromatic carbocycles. The van der Waals surface area contributed by atoms with Gasteiger partial charge in [-0.2, -0.15) is 0 Å². The molecule has 0 heterocycles. The van der Waals surface area contributed by atoms with Gasteiger partial charge in [0.2, 0.25) is 0 Å². The number of nitrogens with one attached hydrogen (secondary N) is 1. The normalized spacial score (nSPS) is 13.4. The minimum atomic E-state index is -0.150. The van der Waals surface area contributed by atoms with Gasteiger partial charge in [-0.1, -0.05) is 13.8 Å². The number of hydrogen-bond acceptors (Lipinski definition) is 3. The summed E-state index contributed by atoms with van der Waals surface area (Å²) < 4.78 is 0. The lowest BCUT2D eigenvalue weighted by atomic mass is 10.2. The molecule has 92 valence electrons. The lowest BCUT2D eigenvalue weighted by Gasteiger charge is -2.17. The van der Waals surface area contributed by atoms with Crippen molar-refractivity contribution in [3.05, 3.63) is 0 Å². The monoisotopic (exact) mass is 216 g/mol. The Hall–Kier alpha value is -0.120. The third-order valence-electron chi connectivity index (χ3n) is 2.70. The lowest BCUT2D eigenvalue weighted by Crippen LogP contribution is -2.27. The smallest absolute Gasteiger partial charge is 0.0512 e. The van der Waals surface area contributed by atoms with Crippen molar-refractivity contribution in [2.75, 3.05) is 32.7 Å². The zero-order valence-corrected chi connectivity index (χ0v) is 10.6. The Bertz CT molecular complexity index is 125. The molecular formula is C12H28N2O. The van der Waals surface area contributed by atoms with Crippen molar-refractivity contribution in [3.8, 4) is 0 Å². The summed E-state index contributed by atoms with van der Waals surface area (Å²) in [5.74, 6) is 0. The van der Waals surface area contributed by atoms with E-state index in [1.54, 1.807) is 0 Å². The van der Waals surface area contributed by atoms with Crippen molar-refractivity contribution < 1.29 is 5.11 Å². The highest BCUT2D eigenvalue weighted by molar-refractivity contribution is 4.56. The SMILES string of the molecule is CCN(CC)CCCNCCCC(C)O. The van der Waals surface area contributed by atoms with Crippen LogP contribution in [0.2, 0.25) is 0 Å². The topological polar surface area (TPSA) is 35.5 Å². The first-order valence-electron chi connectivity index (χ1n) is 6.31. The van der Waals surface area contributed by atoms with Crippen molar-refractivity contribution in [1.82, 2.24) is 10.2 Å². The summed E-state index contributed by atoms with van der Waals surface area (Å²) >= 11 is 0. The van der Waals surface area contributed by atoms with Crippen LogP contribution in [0.25, 0.3) is 0 Å². The molecule has 0 saturated heterocycles. The standard InChI is InChI=1S/C12H28N2O/c1-4-14(5-2)11-7-10-13-9-6-8-12(3)15/h12-13,15H,4-11H2,1-3H3. The summed E-state index contributed by atoms with van der Waals surface area (Å²) in [5.41, 5.74) is 0. The molecule has 0 aromatic rings. The number of hydrogen-bond donors (Lipinski definition) is 2. The van der Waals surface area contributed by atoms with Crippen molar-refractivity contribution in [1.29, 1.82) is 0 Å². The van der Waals surface area contributed by atoms with E-state index in [0.717, 1.165) is 39.0 Å². The summed E-state index contributed by atoms with van der Waals surface area (Å²) in [7, 11) is 0. The summed E-state index contributed by atoms with van der Waals surface area (Å²) in [6.45, 7) is 11.9. The first kappa shape index (κ1) is 14.9.